The lowest BCUT2D eigenvalue weighted by molar-refractivity contribution is 0.373. The molecule has 1 unspecified atom stereocenters. The highest BCUT2D eigenvalue weighted by Gasteiger charge is 2.13. The van der Waals surface area contributed by atoms with Gasteiger partial charge in [-0.05, 0) is 12.8 Å². The van der Waals surface area contributed by atoms with Crippen molar-refractivity contribution in [3.63, 3.8) is 0 Å². The zero-order valence-electron chi connectivity index (χ0n) is 15.2. The van der Waals surface area contributed by atoms with Gasteiger partial charge in [0.15, 0.2) is 5.82 Å². The van der Waals surface area contributed by atoms with Crippen molar-refractivity contribution in [3.05, 3.63) is 16.4 Å². The van der Waals surface area contributed by atoms with Gasteiger partial charge in [-0.2, -0.15) is 0 Å². The number of nitrogens with one attached hydrogen (secondary N) is 1. The van der Waals surface area contributed by atoms with E-state index in [1.807, 2.05) is 0 Å². The predicted octanol–water partition coefficient (Wildman–Crippen LogP) is 5.95. The molecule has 0 fully saturated rings. The van der Waals surface area contributed by atoms with Crippen LogP contribution >= 0.6 is 0 Å². The fourth-order valence-electron chi connectivity index (χ4n) is 3.18. The Morgan fingerprint density at radius 3 is 1.83 bits per heavy atom. The Morgan fingerprint density at radius 2 is 1.39 bits per heavy atom. The molecule has 0 aliphatic carbocycles. The Labute approximate surface area is 141 Å². The van der Waals surface area contributed by atoms with Crippen molar-refractivity contribution in [2.75, 3.05) is 0 Å². The summed E-state index contributed by atoms with van der Waals surface area (Å²) in [6.45, 7) is 4.41. The molecule has 0 radical (unpaired) electrons. The molecule has 0 aliphatic heterocycles. The van der Waals surface area contributed by atoms with Gasteiger partial charge in [0, 0.05) is 5.92 Å². The Morgan fingerprint density at radius 1 is 0.870 bits per heavy atom. The number of hydrogen-bond acceptors (Lipinski definition) is 3. The van der Waals surface area contributed by atoms with Crippen LogP contribution in [0.5, 0.6) is 0 Å². The van der Waals surface area contributed by atoms with Gasteiger partial charge in [-0.15, -0.1) is 0 Å². The fraction of sp³-hybridized carbons (Fsp3) is 0.895. The van der Waals surface area contributed by atoms with Crippen LogP contribution in [0, 0.1) is 0 Å². The smallest absolute Gasteiger partial charge is 0.296 e. The van der Waals surface area contributed by atoms with Gasteiger partial charge < -0.3 is 0 Å². The largest absolute Gasteiger partial charge is 0.438 e. The van der Waals surface area contributed by atoms with Crippen molar-refractivity contribution in [3.8, 4) is 0 Å². The average molecular weight is 325 g/mol. The number of H-pyrrole nitrogens is 1. The van der Waals surface area contributed by atoms with Crippen LogP contribution < -0.4 is 5.76 Å². The van der Waals surface area contributed by atoms with Gasteiger partial charge >= 0.3 is 5.76 Å². The molecule has 0 aliphatic rings. The normalized spacial score (nSPS) is 12.6. The maximum atomic E-state index is 11.0. The third-order valence-corrected chi connectivity index (χ3v) is 4.74. The van der Waals surface area contributed by atoms with Crippen molar-refractivity contribution >= 4 is 0 Å². The maximum absolute atomic E-state index is 11.0. The van der Waals surface area contributed by atoms with Gasteiger partial charge in [-0.3, -0.25) is 9.51 Å². The van der Waals surface area contributed by atoms with Crippen LogP contribution in [0.25, 0.3) is 0 Å². The van der Waals surface area contributed by atoms with Crippen molar-refractivity contribution in [1.82, 2.24) is 10.1 Å². The second-order valence-electron chi connectivity index (χ2n) is 6.76. The van der Waals surface area contributed by atoms with E-state index in [4.69, 9.17) is 0 Å². The quantitative estimate of drug-likeness (QED) is 0.406. The molecule has 1 heterocycles. The summed E-state index contributed by atoms with van der Waals surface area (Å²) in [6.07, 6.45) is 18.5. The van der Waals surface area contributed by atoms with Gasteiger partial charge in [0.25, 0.3) is 0 Å². The standard InChI is InChI=1S/C19H36N2O2/c1-3-5-6-7-8-9-10-11-12-13-14-15-16-17(4-2)18-20-19(22)23-21-18/h17H,3-16H2,1-2H3,(H,20,21,22). The number of hydrogen-bond donors (Lipinski definition) is 1. The summed E-state index contributed by atoms with van der Waals surface area (Å²) in [4.78, 5) is 13.7. The van der Waals surface area contributed by atoms with E-state index in [1.54, 1.807) is 0 Å². The van der Waals surface area contributed by atoms with Crippen LogP contribution in [0.15, 0.2) is 9.32 Å². The minimum atomic E-state index is -0.437. The van der Waals surface area contributed by atoms with E-state index < -0.39 is 5.76 Å². The molecule has 4 nitrogen and oxygen atoms in total. The molecule has 4 heteroatoms. The molecule has 0 aromatic carbocycles. The number of aromatic amines is 1. The molecular weight excluding hydrogens is 288 g/mol. The van der Waals surface area contributed by atoms with Gasteiger partial charge in [0.1, 0.15) is 0 Å². The summed E-state index contributed by atoms with van der Waals surface area (Å²) in [5, 5.41) is 3.82. The molecule has 1 N–H and O–H groups in total. The highest BCUT2D eigenvalue weighted by Crippen LogP contribution is 2.22. The first-order valence-electron chi connectivity index (χ1n) is 9.83. The SMILES string of the molecule is CCCCCCCCCCCCCCC(CC)c1noc(=O)[nH]1. The molecule has 0 amide bonds. The minimum absolute atomic E-state index is 0.338. The zero-order chi connectivity index (χ0) is 16.8. The average Bonchev–Trinajstić information content (AvgIpc) is 2.98. The third kappa shape index (κ3) is 9.62. The molecule has 23 heavy (non-hydrogen) atoms. The Balaban J connectivity index is 1.92. The van der Waals surface area contributed by atoms with Crippen molar-refractivity contribution in [1.29, 1.82) is 0 Å². The number of nitrogens with zero attached hydrogens (tertiary/aromatic N) is 1. The van der Waals surface area contributed by atoms with Gasteiger partial charge in [-0.25, -0.2) is 4.79 Å². The van der Waals surface area contributed by atoms with E-state index in [0.29, 0.717) is 5.92 Å². The van der Waals surface area contributed by atoms with Crippen molar-refractivity contribution in [2.24, 2.45) is 0 Å². The second-order valence-corrected chi connectivity index (χ2v) is 6.76. The van der Waals surface area contributed by atoms with Gasteiger partial charge in [0.2, 0.25) is 0 Å². The van der Waals surface area contributed by atoms with Crippen molar-refractivity contribution < 1.29 is 4.52 Å². The van der Waals surface area contributed by atoms with E-state index >= 15 is 0 Å². The summed E-state index contributed by atoms with van der Waals surface area (Å²) in [7, 11) is 0. The van der Waals surface area contributed by atoms with Gasteiger partial charge in [-0.1, -0.05) is 96.1 Å². The first kappa shape index (κ1) is 20.0. The van der Waals surface area contributed by atoms with E-state index in [9.17, 15) is 4.79 Å². The van der Waals surface area contributed by atoms with Crippen LogP contribution in [-0.2, 0) is 0 Å². The highest BCUT2D eigenvalue weighted by atomic mass is 16.5. The lowest BCUT2D eigenvalue weighted by Gasteiger charge is -2.10. The second kappa shape index (κ2) is 13.4. The molecule has 1 aromatic rings. The lowest BCUT2D eigenvalue weighted by atomic mass is 9.97. The van der Waals surface area contributed by atoms with Crippen LogP contribution in [0.1, 0.15) is 115 Å². The first-order valence-corrected chi connectivity index (χ1v) is 9.83. The number of unbranched alkanes of at least 4 members (excludes halogenated alkanes) is 11. The Hall–Kier alpha value is -1.06. The fourth-order valence-corrected chi connectivity index (χ4v) is 3.18. The van der Waals surface area contributed by atoms with Crippen molar-refractivity contribution in [2.45, 2.75) is 110 Å². The molecule has 0 spiro atoms. The molecular formula is C19H36N2O2. The van der Waals surface area contributed by atoms with Crippen LogP contribution in [0.3, 0.4) is 0 Å². The molecule has 0 bridgehead atoms. The topological polar surface area (TPSA) is 58.9 Å². The summed E-state index contributed by atoms with van der Waals surface area (Å²) in [5.74, 6) is 0.623. The number of rotatable bonds is 15. The van der Waals surface area contributed by atoms with Crippen LogP contribution in [0.4, 0.5) is 0 Å². The van der Waals surface area contributed by atoms with E-state index in [-0.39, 0.29) is 0 Å². The minimum Gasteiger partial charge on any atom is -0.296 e. The monoisotopic (exact) mass is 324 g/mol. The van der Waals surface area contributed by atoms with Gasteiger partial charge in [0.05, 0.1) is 0 Å². The maximum Gasteiger partial charge on any atom is 0.438 e. The summed E-state index contributed by atoms with van der Waals surface area (Å²) in [5.41, 5.74) is 0. The molecule has 134 valence electrons. The van der Waals surface area contributed by atoms with E-state index in [0.717, 1.165) is 18.7 Å². The summed E-state index contributed by atoms with van der Waals surface area (Å²) in [6, 6.07) is 0. The number of aromatic nitrogens is 2. The zero-order valence-corrected chi connectivity index (χ0v) is 15.2. The Bertz CT molecular complexity index is 425. The van der Waals surface area contributed by atoms with Crippen LogP contribution in [-0.4, -0.2) is 10.1 Å². The molecule has 1 rings (SSSR count). The van der Waals surface area contributed by atoms with E-state index in [1.165, 1.54) is 77.0 Å². The Kier molecular flexibility index (Phi) is 11.6. The summed E-state index contributed by atoms with van der Waals surface area (Å²) < 4.78 is 4.60. The van der Waals surface area contributed by atoms with Crippen LogP contribution in [0.2, 0.25) is 0 Å². The highest BCUT2D eigenvalue weighted by molar-refractivity contribution is 4.90. The molecule has 0 saturated carbocycles. The summed E-state index contributed by atoms with van der Waals surface area (Å²) >= 11 is 0. The first-order chi connectivity index (χ1) is 11.3. The third-order valence-electron chi connectivity index (χ3n) is 4.74. The molecule has 1 atom stereocenters. The van der Waals surface area contributed by atoms with E-state index in [2.05, 4.69) is 28.5 Å². The molecule has 1 aromatic heterocycles. The molecule has 0 saturated heterocycles. The predicted molar refractivity (Wildman–Crippen MR) is 95.9 cm³/mol. The lowest BCUT2D eigenvalue weighted by Crippen LogP contribution is -2.03.